The number of aliphatic hydroxyl groups is 1. The number of epoxide rings is 1. The molecule has 3 aliphatic heterocycles. The van der Waals surface area contributed by atoms with Gasteiger partial charge in [-0.3, -0.25) is 9.55 Å². The number of aromatic nitrogens is 2. The van der Waals surface area contributed by atoms with Gasteiger partial charge in [0.05, 0.1) is 28.9 Å². The number of hydrogen-bond acceptors (Lipinski definition) is 6. The van der Waals surface area contributed by atoms with Crippen molar-refractivity contribution >= 4 is 16.6 Å². The molecule has 2 fully saturated rings. The lowest BCUT2D eigenvalue weighted by Gasteiger charge is -2.27. The molecule has 3 N–H and O–H groups in total. The van der Waals surface area contributed by atoms with Gasteiger partial charge >= 0.3 is 0 Å². The van der Waals surface area contributed by atoms with Crippen molar-refractivity contribution in [3.8, 4) is 17.4 Å². The first-order chi connectivity index (χ1) is 14.0. The monoisotopic (exact) mass is 391 g/mol. The van der Waals surface area contributed by atoms with E-state index in [1.54, 1.807) is 30.5 Å². The number of aromatic hydroxyl groups is 2. The first kappa shape index (κ1) is 16.8. The molecule has 4 atom stereocenters. The average Bonchev–Trinajstić information content (AvgIpc) is 3.38. The Morgan fingerprint density at radius 1 is 1.21 bits per heavy atom. The molecule has 0 radical (unpaired) electrons. The maximum atomic E-state index is 11.2. The van der Waals surface area contributed by atoms with Gasteiger partial charge in [-0.2, -0.15) is 0 Å². The second kappa shape index (κ2) is 5.07. The van der Waals surface area contributed by atoms with Crippen LogP contribution >= 0.6 is 0 Å². The van der Waals surface area contributed by atoms with E-state index in [0.29, 0.717) is 33.4 Å². The average molecular weight is 391 g/mol. The molecule has 5 heterocycles. The molecular weight excluding hydrogens is 374 g/mol. The molecule has 146 valence electrons. The summed E-state index contributed by atoms with van der Waals surface area (Å²) in [5, 5.41) is 32.7. The second-order valence-electron chi connectivity index (χ2n) is 7.90. The number of nitrogens with zero attached hydrogens (tertiary/aromatic N) is 3. The van der Waals surface area contributed by atoms with Crippen LogP contribution in [-0.2, 0) is 20.7 Å². The lowest BCUT2D eigenvalue weighted by Crippen LogP contribution is -2.31. The van der Waals surface area contributed by atoms with Gasteiger partial charge in [0, 0.05) is 24.6 Å². The Morgan fingerprint density at radius 3 is 2.76 bits per heavy atom. The van der Waals surface area contributed by atoms with Gasteiger partial charge in [-0.25, -0.2) is 4.85 Å². The van der Waals surface area contributed by atoms with Crippen LogP contribution in [0.4, 0.5) is 5.69 Å². The summed E-state index contributed by atoms with van der Waals surface area (Å²) in [6.45, 7) is 9.08. The lowest BCUT2D eigenvalue weighted by atomic mass is 9.78. The van der Waals surface area contributed by atoms with Crippen molar-refractivity contribution in [3.05, 3.63) is 53.0 Å². The van der Waals surface area contributed by atoms with Crippen molar-refractivity contribution in [3.63, 3.8) is 0 Å². The molecule has 2 aromatic heterocycles. The van der Waals surface area contributed by atoms with Gasteiger partial charge in [0.15, 0.2) is 0 Å². The van der Waals surface area contributed by atoms with E-state index in [2.05, 4.69) is 9.83 Å². The highest BCUT2D eigenvalue weighted by Gasteiger charge is 2.79. The van der Waals surface area contributed by atoms with Crippen LogP contribution in [0.5, 0.6) is 11.8 Å². The Labute approximate surface area is 165 Å². The fraction of sp³-hybridized carbons (Fsp3) is 0.333. The molecule has 29 heavy (non-hydrogen) atoms. The number of rotatable bonds is 3. The van der Waals surface area contributed by atoms with Crippen LogP contribution in [0.25, 0.3) is 21.4 Å². The Balaban J connectivity index is 1.66. The van der Waals surface area contributed by atoms with Gasteiger partial charge in [-0.1, -0.05) is 12.1 Å². The molecular formula is C21H17N3O5. The third-order valence-corrected chi connectivity index (χ3v) is 6.50. The quantitative estimate of drug-likeness (QED) is 0.468. The van der Waals surface area contributed by atoms with Crippen LogP contribution in [0.1, 0.15) is 24.5 Å². The number of ether oxygens (including phenoxy) is 2. The number of aliphatic hydroxyl groups excluding tert-OH is 1. The summed E-state index contributed by atoms with van der Waals surface area (Å²) >= 11 is 0. The van der Waals surface area contributed by atoms with Crippen molar-refractivity contribution in [1.82, 2.24) is 9.55 Å². The van der Waals surface area contributed by atoms with Crippen LogP contribution in [-0.4, -0.2) is 43.7 Å². The lowest BCUT2D eigenvalue weighted by molar-refractivity contribution is -0.149. The van der Waals surface area contributed by atoms with Gasteiger partial charge < -0.3 is 24.8 Å². The highest BCUT2D eigenvalue weighted by Crippen LogP contribution is 2.72. The summed E-state index contributed by atoms with van der Waals surface area (Å²) in [4.78, 5) is 7.82. The van der Waals surface area contributed by atoms with Crippen molar-refractivity contribution in [2.24, 2.45) is 0 Å². The molecule has 3 aromatic rings. The van der Waals surface area contributed by atoms with Crippen LogP contribution in [0, 0.1) is 6.57 Å². The molecule has 1 aromatic carbocycles. The minimum atomic E-state index is -0.985. The topological polar surface area (TPSA) is 105 Å². The van der Waals surface area contributed by atoms with Crippen molar-refractivity contribution < 1.29 is 24.8 Å². The molecule has 3 aliphatic rings. The van der Waals surface area contributed by atoms with Crippen LogP contribution in [0.15, 0.2) is 30.5 Å². The summed E-state index contributed by atoms with van der Waals surface area (Å²) in [5.41, 5.74) is 0.485. The van der Waals surface area contributed by atoms with Crippen molar-refractivity contribution in [2.45, 2.75) is 36.8 Å². The van der Waals surface area contributed by atoms with E-state index in [-0.39, 0.29) is 37.0 Å². The number of pyridine rings is 1. The van der Waals surface area contributed by atoms with E-state index >= 15 is 0 Å². The zero-order chi connectivity index (χ0) is 20.1. The van der Waals surface area contributed by atoms with E-state index in [9.17, 15) is 15.3 Å². The Morgan fingerprint density at radius 2 is 2.00 bits per heavy atom. The summed E-state index contributed by atoms with van der Waals surface area (Å²) < 4.78 is 13.4. The van der Waals surface area contributed by atoms with Gasteiger partial charge in [0.25, 0.3) is 0 Å². The minimum Gasteiger partial charge on any atom is -0.494 e. The zero-order valence-corrected chi connectivity index (χ0v) is 15.5. The van der Waals surface area contributed by atoms with Crippen molar-refractivity contribution in [1.29, 1.82) is 0 Å². The standard InChI is InChI=1S/C21H17N3O5/c1-20-13-14(21(29-20,7-9-25)17-16(20)28-17)19(27)24(18(13)26)12-6-5-11(22-2)15-10(12)4-3-8-23-15/h3-6,8,16-17,25-27H,7,9H2,1H3/t16-,17+,20?,21?/m1/s1. The third kappa shape index (κ3) is 1.73. The van der Waals surface area contributed by atoms with Crippen LogP contribution in [0.3, 0.4) is 0 Å². The molecule has 0 saturated carbocycles. The molecule has 6 rings (SSSR count). The summed E-state index contributed by atoms with van der Waals surface area (Å²) in [6.07, 6.45) is 1.39. The molecule has 0 spiro atoms. The molecule has 2 unspecified atom stereocenters. The fourth-order valence-corrected chi connectivity index (χ4v) is 5.33. The number of hydrogen-bond donors (Lipinski definition) is 3. The van der Waals surface area contributed by atoms with E-state index in [0.717, 1.165) is 0 Å². The molecule has 2 saturated heterocycles. The van der Waals surface area contributed by atoms with Crippen LogP contribution in [0.2, 0.25) is 0 Å². The first-order valence-corrected chi connectivity index (χ1v) is 9.37. The second-order valence-corrected chi connectivity index (χ2v) is 7.90. The Hall–Kier alpha value is -3.12. The third-order valence-electron chi connectivity index (χ3n) is 6.50. The van der Waals surface area contributed by atoms with Gasteiger partial charge in [0.2, 0.25) is 17.4 Å². The Kier molecular flexibility index (Phi) is 2.94. The first-order valence-electron chi connectivity index (χ1n) is 9.37. The SMILES string of the molecule is [C-]#[N+]c1ccc(-n2c(O)c3c(c2O)C2(CCO)OC3(C)[C@@H]3O[C@@H]32)c2cccnc12. The van der Waals surface area contributed by atoms with E-state index < -0.39 is 11.2 Å². The zero-order valence-electron chi connectivity index (χ0n) is 15.5. The summed E-state index contributed by atoms with van der Waals surface area (Å²) in [7, 11) is 0. The highest BCUT2D eigenvalue weighted by atomic mass is 16.7. The van der Waals surface area contributed by atoms with E-state index in [4.69, 9.17) is 16.0 Å². The van der Waals surface area contributed by atoms with E-state index in [1.165, 1.54) is 4.57 Å². The fourth-order valence-electron chi connectivity index (χ4n) is 5.33. The van der Waals surface area contributed by atoms with E-state index in [1.807, 2.05) is 6.92 Å². The molecule has 8 heteroatoms. The molecule has 0 aliphatic carbocycles. The number of fused-ring (bicyclic) bond motifs is 9. The molecule has 0 amide bonds. The summed E-state index contributed by atoms with van der Waals surface area (Å²) in [5.74, 6) is -0.279. The van der Waals surface area contributed by atoms with Crippen molar-refractivity contribution in [2.75, 3.05) is 6.61 Å². The smallest absolute Gasteiger partial charge is 0.213 e. The maximum Gasteiger partial charge on any atom is 0.213 e. The van der Waals surface area contributed by atoms with Gasteiger partial charge in [-0.05, 0) is 19.1 Å². The van der Waals surface area contributed by atoms with Gasteiger partial charge in [-0.15, -0.1) is 0 Å². The molecule has 8 nitrogen and oxygen atoms in total. The van der Waals surface area contributed by atoms with Gasteiger partial charge in [0.1, 0.15) is 23.4 Å². The predicted molar refractivity (Wildman–Crippen MR) is 101 cm³/mol. The molecule has 2 bridgehead atoms. The largest absolute Gasteiger partial charge is 0.494 e. The predicted octanol–water partition coefficient (Wildman–Crippen LogP) is 2.59. The summed E-state index contributed by atoms with van der Waals surface area (Å²) in [6, 6.07) is 6.86. The maximum absolute atomic E-state index is 11.2. The van der Waals surface area contributed by atoms with Crippen LogP contribution < -0.4 is 0 Å². The minimum absolute atomic E-state index is 0.130. The normalized spacial score (nSPS) is 30.9. The highest BCUT2D eigenvalue weighted by molar-refractivity contribution is 5.97. The Bertz CT molecular complexity index is 1260. The number of benzene rings is 1.